The first-order valence-electron chi connectivity index (χ1n) is 8.82. The molecule has 0 aliphatic carbocycles. The smallest absolute Gasteiger partial charge is 0.241 e. The molecule has 2 aromatic rings. The quantitative estimate of drug-likeness (QED) is 0.809. The third kappa shape index (κ3) is 4.85. The number of nitrogens with zero attached hydrogens (tertiary/aromatic N) is 2. The summed E-state index contributed by atoms with van der Waals surface area (Å²) in [6, 6.07) is 15.9. The van der Waals surface area contributed by atoms with Gasteiger partial charge in [-0.1, -0.05) is 24.3 Å². The van der Waals surface area contributed by atoms with Gasteiger partial charge in [0.25, 0.3) is 0 Å². The van der Waals surface area contributed by atoms with E-state index in [1.165, 1.54) is 17.8 Å². The number of anilines is 2. The van der Waals surface area contributed by atoms with Gasteiger partial charge < -0.3 is 10.2 Å². The average Bonchev–Trinajstić information content (AvgIpc) is 2.68. The van der Waals surface area contributed by atoms with Crippen molar-refractivity contribution in [1.29, 1.82) is 0 Å². The van der Waals surface area contributed by atoms with E-state index < -0.39 is 10.0 Å². The molecule has 0 saturated carbocycles. The van der Waals surface area contributed by atoms with Crippen molar-refractivity contribution in [3.63, 3.8) is 0 Å². The molecule has 2 aromatic carbocycles. The van der Waals surface area contributed by atoms with E-state index in [9.17, 15) is 13.2 Å². The van der Waals surface area contributed by atoms with Crippen LogP contribution in [0.2, 0.25) is 0 Å². The number of nitrogens with one attached hydrogen (secondary N) is 1. The molecule has 0 bridgehead atoms. The van der Waals surface area contributed by atoms with E-state index in [-0.39, 0.29) is 16.8 Å². The second-order valence-electron chi connectivity index (χ2n) is 6.60. The minimum absolute atomic E-state index is 0.0237. The molecule has 0 unspecified atom stereocenters. The van der Waals surface area contributed by atoms with Crippen LogP contribution in [0.5, 0.6) is 0 Å². The topological polar surface area (TPSA) is 95.7 Å². The Morgan fingerprint density at radius 2 is 1.70 bits per heavy atom. The van der Waals surface area contributed by atoms with E-state index in [0.717, 1.165) is 26.2 Å². The molecule has 1 saturated heterocycles. The summed E-state index contributed by atoms with van der Waals surface area (Å²) in [4.78, 5) is 17.0. The Kier molecular flexibility index (Phi) is 5.79. The van der Waals surface area contributed by atoms with Crippen LogP contribution in [-0.2, 0) is 14.8 Å². The molecule has 3 rings (SSSR count). The number of carbonyl (C=O) groups is 1. The van der Waals surface area contributed by atoms with Crippen molar-refractivity contribution >= 4 is 27.3 Å². The summed E-state index contributed by atoms with van der Waals surface area (Å²) in [6.45, 7) is 5.11. The second kappa shape index (κ2) is 8.08. The third-order valence-corrected chi connectivity index (χ3v) is 5.70. The number of primary sulfonamides is 1. The number of para-hydroxylation sites is 1. The average molecular weight is 388 g/mol. The Balaban J connectivity index is 1.59. The van der Waals surface area contributed by atoms with Gasteiger partial charge in [0.1, 0.15) is 0 Å². The number of benzene rings is 2. The van der Waals surface area contributed by atoms with Crippen molar-refractivity contribution in [2.75, 3.05) is 36.4 Å². The van der Waals surface area contributed by atoms with Gasteiger partial charge in [-0.3, -0.25) is 9.69 Å². The van der Waals surface area contributed by atoms with Gasteiger partial charge in [-0.2, -0.15) is 0 Å². The highest BCUT2D eigenvalue weighted by molar-refractivity contribution is 7.89. The number of sulfonamides is 1. The molecular formula is C19H24N4O3S. The maximum Gasteiger partial charge on any atom is 0.241 e. The normalized spacial score (nSPS) is 16.7. The molecule has 1 fully saturated rings. The standard InChI is InChI=1S/C19H24N4O3S/c1-15(19(24)21-16-6-5-9-18(14-16)27(20,25)26)22-10-12-23(13-11-22)17-7-3-2-4-8-17/h2-9,14-15H,10-13H2,1H3,(H,21,24)(H2,20,25,26)/t15-/m0/s1. The van der Waals surface area contributed by atoms with Crippen molar-refractivity contribution in [3.05, 3.63) is 54.6 Å². The number of nitrogens with two attached hydrogens (primary N) is 1. The summed E-state index contributed by atoms with van der Waals surface area (Å²) in [5.41, 5.74) is 1.61. The fraction of sp³-hybridized carbons (Fsp3) is 0.316. The molecule has 1 aliphatic heterocycles. The minimum Gasteiger partial charge on any atom is -0.369 e. The fourth-order valence-corrected chi connectivity index (χ4v) is 3.73. The lowest BCUT2D eigenvalue weighted by atomic mass is 10.2. The number of hydrogen-bond acceptors (Lipinski definition) is 5. The molecule has 1 aliphatic rings. The molecule has 0 aromatic heterocycles. The van der Waals surface area contributed by atoms with Gasteiger partial charge in [0.2, 0.25) is 15.9 Å². The zero-order chi connectivity index (χ0) is 19.4. The van der Waals surface area contributed by atoms with Gasteiger partial charge in [0, 0.05) is 37.6 Å². The predicted octanol–water partition coefficient (Wildman–Crippen LogP) is 1.48. The molecule has 27 heavy (non-hydrogen) atoms. The molecule has 8 heteroatoms. The molecule has 3 N–H and O–H groups in total. The van der Waals surface area contributed by atoms with E-state index in [0.29, 0.717) is 5.69 Å². The van der Waals surface area contributed by atoms with Gasteiger partial charge in [-0.05, 0) is 37.3 Å². The highest BCUT2D eigenvalue weighted by atomic mass is 32.2. The second-order valence-corrected chi connectivity index (χ2v) is 8.16. The lowest BCUT2D eigenvalue weighted by Gasteiger charge is -2.38. The van der Waals surface area contributed by atoms with Crippen molar-refractivity contribution in [1.82, 2.24) is 4.90 Å². The van der Waals surface area contributed by atoms with Crippen LogP contribution in [0.15, 0.2) is 59.5 Å². The lowest BCUT2D eigenvalue weighted by Crippen LogP contribution is -2.52. The van der Waals surface area contributed by atoms with Crippen molar-refractivity contribution in [2.24, 2.45) is 5.14 Å². The van der Waals surface area contributed by atoms with Gasteiger partial charge in [-0.15, -0.1) is 0 Å². The summed E-state index contributed by atoms with van der Waals surface area (Å²) in [5.74, 6) is -0.172. The van der Waals surface area contributed by atoms with Crippen LogP contribution in [0.25, 0.3) is 0 Å². The van der Waals surface area contributed by atoms with Gasteiger partial charge >= 0.3 is 0 Å². The third-order valence-electron chi connectivity index (χ3n) is 4.79. The molecule has 1 amide bonds. The van der Waals surface area contributed by atoms with Crippen LogP contribution >= 0.6 is 0 Å². The van der Waals surface area contributed by atoms with E-state index in [4.69, 9.17) is 5.14 Å². The molecule has 7 nitrogen and oxygen atoms in total. The van der Waals surface area contributed by atoms with Gasteiger partial charge in [-0.25, -0.2) is 13.6 Å². The highest BCUT2D eigenvalue weighted by Crippen LogP contribution is 2.18. The maximum absolute atomic E-state index is 12.6. The Morgan fingerprint density at radius 1 is 1.04 bits per heavy atom. The van der Waals surface area contributed by atoms with Crippen LogP contribution in [0.1, 0.15) is 6.92 Å². The van der Waals surface area contributed by atoms with Crippen LogP contribution in [-0.4, -0.2) is 51.4 Å². The lowest BCUT2D eigenvalue weighted by molar-refractivity contribution is -0.120. The van der Waals surface area contributed by atoms with Crippen LogP contribution < -0.4 is 15.4 Å². The summed E-state index contributed by atoms with van der Waals surface area (Å²) in [7, 11) is -3.80. The first kappa shape index (κ1) is 19.3. The van der Waals surface area contributed by atoms with Gasteiger partial charge in [0.05, 0.1) is 10.9 Å². The summed E-state index contributed by atoms with van der Waals surface area (Å²) in [6.07, 6.45) is 0. The summed E-state index contributed by atoms with van der Waals surface area (Å²) in [5, 5.41) is 7.92. The number of carbonyl (C=O) groups excluding carboxylic acids is 1. The molecule has 144 valence electrons. The van der Waals surface area contributed by atoms with Crippen molar-refractivity contribution in [3.8, 4) is 0 Å². The molecule has 0 spiro atoms. The van der Waals surface area contributed by atoms with Crippen LogP contribution in [0.3, 0.4) is 0 Å². The molecule has 1 atom stereocenters. The van der Waals surface area contributed by atoms with E-state index in [2.05, 4.69) is 27.2 Å². The monoisotopic (exact) mass is 388 g/mol. The summed E-state index contributed by atoms with van der Waals surface area (Å²) < 4.78 is 22.9. The fourth-order valence-electron chi connectivity index (χ4n) is 3.17. The minimum atomic E-state index is -3.80. The van der Waals surface area contributed by atoms with Gasteiger partial charge in [0.15, 0.2) is 0 Å². The van der Waals surface area contributed by atoms with E-state index in [1.54, 1.807) is 12.1 Å². The predicted molar refractivity (Wildman–Crippen MR) is 106 cm³/mol. The SMILES string of the molecule is C[C@@H](C(=O)Nc1cccc(S(N)(=O)=O)c1)N1CCN(c2ccccc2)CC1. The zero-order valence-corrected chi connectivity index (χ0v) is 16.0. The Hall–Kier alpha value is -2.42. The van der Waals surface area contributed by atoms with Crippen LogP contribution in [0.4, 0.5) is 11.4 Å². The Labute approximate surface area is 159 Å². The van der Waals surface area contributed by atoms with E-state index in [1.807, 2.05) is 25.1 Å². The largest absolute Gasteiger partial charge is 0.369 e. The molecular weight excluding hydrogens is 364 g/mol. The molecule has 1 heterocycles. The maximum atomic E-state index is 12.6. The first-order valence-corrected chi connectivity index (χ1v) is 10.4. The van der Waals surface area contributed by atoms with E-state index >= 15 is 0 Å². The summed E-state index contributed by atoms with van der Waals surface area (Å²) >= 11 is 0. The molecule has 0 radical (unpaired) electrons. The van der Waals surface area contributed by atoms with Crippen molar-refractivity contribution in [2.45, 2.75) is 17.9 Å². The highest BCUT2D eigenvalue weighted by Gasteiger charge is 2.25. The zero-order valence-electron chi connectivity index (χ0n) is 15.2. The Bertz CT molecular complexity index is 894. The number of piperazine rings is 1. The van der Waals surface area contributed by atoms with Crippen molar-refractivity contribution < 1.29 is 13.2 Å². The number of amides is 1. The first-order chi connectivity index (χ1) is 12.8. The van der Waals surface area contributed by atoms with Crippen LogP contribution in [0, 0.1) is 0 Å². The Morgan fingerprint density at radius 3 is 2.33 bits per heavy atom. The number of hydrogen-bond donors (Lipinski definition) is 2. The number of rotatable bonds is 5.